The Labute approximate surface area is 213 Å². The third-order valence-corrected chi connectivity index (χ3v) is 7.08. The Bertz CT molecular complexity index is 1390. The normalized spacial score (nSPS) is 14.4. The molecule has 0 saturated carbocycles. The minimum absolute atomic E-state index is 0.144. The molecule has 1 aliphatic rings. The van der Waals surface area contributed by atoms with Crippen LogP contribution in [-0.2, 0) is 17.9 Å². The van der Waals surface area contributed by atoms with Crippen molar-refractivity contribution >= 4 is 5.69 Å². The van der Waals surface area contributed by atoms with E-state index in [0.717, 1.165) is 51.4 Å². The molecule has 0 spiro atoms. The fraction of sp³-hybridized carbons (Fsp3) is 0.250. The van der Waals surface area contributed by atoms with Crippen molar-refractivity contribution in [3.63, 3.8) is 0 Å². The number of phenolic OH excluding ortho intramolecular Hbond substituents is 1. The van der Waals surface area contributed by atoms with Gasteiger partial charge in [-0.15, -0.1) is 0 Å². The summed E-state index contributed by atoms with van der Waals surface area (Å²) in [6.45, 7) is 7.32. The lowest BCUT2D eigenvalue weighted by molar-refractivity contribution is 0.181. The monoisotopic (exact) mass is 479 g/mol. The van der Waals surface area contributed by atoms with E-state index in [1.165, 1.54) is 16.7 Å². The molecule has 0 aliphatic carbocycles. The number of ether oxygens (including phenoxy) is 2. The first-order chi connectivity index (χ1) is 17.4. The summed E-state index contributed by atoms with van der Waals surface area (Å²) in [6.07, 6.45) is 0. The molecular weight excluding hydrogens is 446 g/mol. The minimum Gasteiger partial charge on any atom is -0.507 e. The number of anilines is 1. The number of hydrogen-bond donors (Lipinski definition) is 1. The summed E-state index contributed by atoms with van der Waals surface area (Å²) in [7, 11) is 3.34. The van der Waals surface area contributed by atoms with Crippen LogP contribution in [0.4, 0.5) is 5.69 Å². The number of hydrogen-bond acceptors (Lipinski definition) is 4. The van der Waals surface area contributed by atoms with Crippen molar-refractivity contribution in [2.24, 2.45) is 0 Å². The molecule has 5 rings (SSSR count). The SMILES string of the molecule is COCc1cc(OC)c2c(c1O)-c1cc(C)ccc1N(Cc1ccc(C)cc1)C2c1ccc(C)cc1. The predicted octanol–water partition coefficient (Wildman–Crippen LogP) is 7.25. The van der Waals surface area contributed by atoms with Crippen molar-refractivity contribution in [3.8, 4) is 22.6 Å². The van der Waals surface area contributed by atoms with E-state index < -0.39 is 0 Å². The smallest absolute Gasteiger partial charge is 0.129 e. The summed E-state index contributed by atoms with van der Waals surface area (Å²) in [5.41, 5.74) is 10.6. The van der Waals surface area contributed by atoms with Crippen molar-refractivity contribution in [1.29, 1.82) is 0 Å². The standard InChI is InChI=1S/C32H33NO3/c1-20-6-11-23(12-7-20)18-33-27-15-10-22(3)16-26(27)29-30(31(33)24-13-8-21(2)9-14-24)28(36-5)17-25(19-35-4)32(29)34/h6-17,31,34H,18-19H2,1-5H3. The third-order valence-electron chi connectivity index (χ3n) is 7.08. The molecule has 1 aliphatic heterocycles. The van der Waals surface area contributed by atoms with Crippen molar-refractivity contribution in [2.75, 3.05) is 19.1 Å². The molecule has 0 amide bonds. The van der Waals surface area contributed by atoms with Gasteiger partial charge < -0.3 is 19.5 Å². The minimum atomic E-state index is -0.144. The zero-order chi connectivity index (χ0) is 25.4. The van der Waals surface area contributed by atoms with Crippen LogP contribution in [-0.4, -0.2) is 19.3 Å². The van der Waals surface area contributed by atoms with Crippen molar-refractivity contribution in [1.82, 2.24) is 0 Å². The second-order valence-electron chi connectivity index (χ2n) is 9.76. The highest BCUT2D eigenvalue weighted by atomic mass is 16.5. The highest BCUT2D eigenvalue weighted by Crippen LogP contribution is 2.55. The average molecular weight is 480 g/mol. The van der Waals surface area contributed by atoms with Crippen LogP contribution in [0, 0.1) is 20.8 Å². The molecular formula is C32H33NO3. The summed E-state index contributed by atoms with van der Waals surface area (Å²) in [4.78, 5) is 2.43. The van der Waals surface area contributed by atoms with Crippen LogP contribution in [0.5, 0.6) is 11.5 Å². The van der Waals surface area contributed by atoms with Crippen molar-refractivity contribution in [3.05, 3.63) is 112 Å². The lowest BCUT2D eigenvalue weighted by atomic mass is 9.81. The van der Waals surface area contributed by atoms with E-state index in [0.29, 0.717) is 6.61 Å². The Morgan fingerprint density at radius 3 is 2.08 bits per heavy atom. The van der Waals surface area contributed by atoms with Gasteiger partial charge in [0.05, 0.1) is 19.8 Å². The quantitative estimate of drug-likeness (QED) is 0.316. The zero-order valence-electron chi connectivity index (χ0n) is 21.6. The Morgan fingerprint density at radius 2 is 1.44 bits per heavy atom. The molecule has 36 heavy (non-hydrogen) atoms. The molecule has 4 heteroatoms. The highest BCUT2D eigenvalue weighted by molar-refractivity contribution is 5.91. The first kappa shape index (κ1) is 24.0. The lowest BCUT2D eigenvalue weighted by Crippen LogP contribution is -2.33. The van der Waals surface area contributed by atoms with Gasteiger partial charge in [0.1, 0.15) is 11.5 Å². The van der Waals surface area contributed by atoms with E-state index in [1.807, 2.05) is 6.07 Å². The number of benzene rings is 4. The Hall–Kier alpha value is -3.76. The van der Waals surface area contributed by atoms with Crippen LogP contribution in [0.3, 0.4) is 0 Å². The van der Waals surface area contributed by atoms with Gasteiger partial charge in [-0.25, -0.2) is 0 Å². The molecule has 0 radical (unpaired) electrons. The second-order valence-corrected chi connectivity index (χ2v) is 9.76. The van der Waals surface area contributed by atoms with Crippen LogP contribution in [0.2, 0.25) is 0 Å². The molecule has 4 aromatic carbocycles. The van der Waals surface area contributed by atoms with E-state index in [9.17, 15) is 5.11 Å². The second kappa shape index (κ2) is 9.71. The maximum Gasteiger partial charge on any atom is 0.129 e. The van der Waals surface area contributed by atoms with E-state index in [2.05, 4.69) is 92.4 Å². The van der Waals surface area contributed by atoms with E-state index >= 15 is 0 Å². The van der Waals surface area contributed by atoms with Crippen molar-refractivity contribution < 1.29 is 14.6 Å². The Morgan fingerprint density at radius 1 is 0.806 bits per heavy atom. The number of fused-ring (bicyclic) bond motifs is 3. The molecule has 1 unspecified atom stereocenters. The zero-order valence-corrected chi connectivity index (χ0v) is 21.6. The molecule has 0 saturated heterocycles. The maximum atomic E-state index is 11.6. The van der Waals surface area contributed by atoms with Gasteiger partial charge in [-0.05, 0) is 50.1 Å². The van der Waals surface area contributed by atoms with Crippen molar-refractivity contribution in [2.45, 2.75) is 40.0 Å². The molecule has 0 fully saturated rings. The molecule has 0 aromatic heterocycles. The number of nitrogens with zero attached hydrogens (tertiary/aromatic N) is 1. The van der Waals surface area contributed by atoms with Gasteiger partial charge in [-0.1, -0.05) is 71.3 Å². The number of aryl methyl sites for hydroxylation is 3. The largest absolute Gasteiger partial charge is 0.507 e. The Kier molecular flexibility index (Phi) is 6.46. The van der Waals surface area contributed by atoms with Crippen LogP contribution in [0.15, 0.2) is 72.8 Å². The summed E-state index contributed by atoms with van der Waals surface area (Å²) < 4.78 is 11.4. The van der Waals surface area contributed by atoms with E-state index in [4.69, 9.17) is 9.47 Å². The van der Waals surface area contributed by atoms with Crippen LogP contribution in [0.25, 0.3) is 11.1 Å². The number of phenols is 1. The first-order valence-electron chi connectivity index (χ1n) is 12.3. The van der Waals surface area contributed by atoms with E-state index in [1.54, 1.807) is 14.2 Å². The van der Waals surface area contributed by atoms with Gasteiger partial charge in [0.2, 0.25) is 0 Å². The summed E-state index contributed by atoms with van der Waals surface area (Å²) in [5, 5.41) is 11.6. The van der Waals surface area contributed by atoms with Crippen LogP contribution >= 0.6 is 0 Å². The van der Waals surface area contributed by atoms with Crippen LogP contribution < -0.4 is 9.64 Å². The fourth-order valence-electron chi connectivity index (χ4n) is 5.25. The molecule has 184 valence electrons. The van der Waals surface area contributed by atoms with Crippen LogP contribution in [0.1, 0.15) is 45.0 Å². The third kappa shape index (κ3) is 4.22. The van der Waals surface area contributed by atoms with Gasteiger partial charge in [0.15, 0.2) is 0 Å². The number of methoxy groups -OCH3 is 2. The summed E-state index contributed by atoms with van der Waals surface area (Å²) in [6, 6.07) is 25.6. The molecule has 0 bridgehead atoms. The maximum absolute atomic E-state index is 11.6. The molecule has 1 atom stereocenters. The average Bonchev–Trinajstić information content (AvgIpc) is 2.87. The number of rotatable bonds is 6. The van der Waals surface area contributed by atoms with Gasteiger partial charge in [0.25, 0.3) is 0 Å². The van der Waals surface area contributed by atoms with Gasteiger partial charge in [0, 0.05) is 41.6 Å². The Balaban J connectivity index is 1.82. The summed E-state index contributed by atoms with van der Waals surface area (Å²) in [5.74, 6) is 1.01. The lowest BCUT2D eigenvalue weighted by Gasteiger charge is -2.42. The summed E-state index contributed by atoms with van der Waals surface area (Å²) >= 11 is 0. The fourth-order valence-corrected chi connectivity index (χ4v) is 5.25. The van der Waals surface area contributed by atoms with Gasteiger partial charge >= 0.3 is 0 Å². The van der Waals surface area contributed by atoms with Gasteiger partial charge in [-0.3, -0.25) is 0 Å². The molecule has 4 aromatic rings. The van der Waals surface area contributed by atoms with Gasteiger partial charge in [-0.2, -0.15) is 0 Å². The molecule has 1 heterocycles. The molecule has 4 nitrogen and oxygen atoms in total. The topological polar surface area (TPSA) is 41.9 Å². The highest BCUT2D eigenvalue weighted by Gasteiger charge is 2.37. The van der Waals surface area contributed by atoms with E-state index in [-0.39, 0.29) is 11.8 Å². The number of aromatic hydroxyl groups is 1. The predicted molar refractivity (Wildman–Crippen MR) is 146 cm³/mol. The first-order valence-corrected chi connectivity index (χ1v) is 12.3. The molecule has 1 N–H and O–H groups in total.